The van der Waals surface area contributed by atoms with Crippen LogP contribution in [0.2, 0.25) is 0 Å². The van der Waals surface area contributed by atoms with Crippen molar-refractivity contribution in [1.29, 1.82) is 0 Å². The minimum atomic E-state index is -0.268. The molecule has 0 radical (unpaired) electrons. The number of oxime groups is 1. The number of hydrogen-bond donors (Lipinski definition) is 0. The first-order valence-corrected chi connectivity index (χ1v) is 8.95. The van der Waals surface area contributed by atoms with Gasteiger partial charge < -0.3 is 14.1 Å². The second-order valence-corrected chi connectivity index (χ2v) is 6.33. The Labute approximate surface area is 164 Å². The largest absolute Gasteiger partial charge is 0.497 e. The second-order valence-electron chi connectivity index (χ2n) is 6.33. The van der Waals surface area contributed by atoms with Crippen LogP contribution >= 0.6 is 0 Å². The highest BCUT2D eigenvalue weighted by Gasteiger charge is 2.17. The van der Waals surface area contributed by atoms with Gasteiger partial charge in [0, 0.05) is 23.0 Å². The zero-order valence-corrected chi connectivity index (χ0v) is 16.3. The third-order valence-corrected chi connectivity index (χ3v) is 4.48. The van der Waals surface area contributed by atoms with Gasteiger partial charge in [-0.2, -0.15) is 0 Å². The Hall–Kier alpha value is -3.34. The summed E-state index contributed by atoms with van der Waals surface area (Å²) in [7, 11) is 1.64. The summed E-state index contributed by atoms with van der Waals surface area (Å²) in [6.45, 7) is 7.89. The Morgan fingerprint density at radius 1 is 1.18 bits per heavy atom. The van der Waals surface area contributed by atoms with Gasteiger partial charge in [-0.25, -0.2) is 4.39 Å². The monoisotopic (exact) mass is 378 g/mol. The summed E-state index contributed by atoms with van der Waals surface area (Å²) < 4.78 is 20.9. The van der Waals surface area contributed by atoms with Gasteiger partial charge in [0.05, 0.1) is 18.5 Å². The third kappa shape index (κ3) is 3.98. The summed E-state index contributed by atoms with van der Waals surface area (Å²) in [6.07, 6.45) is 1.65. The molecular weight excluding hydrogens is 355 g/mol. The fourth-order valence-electron chi connectivity index (χ4n) is 3.12. The standard InChI is InChI=1S/C23H23FN2O2/c1-5-13-28-25-16(2)22-15-23(18-9-11-19(24)12-10-18)26(17(22)3)20-7-6-8-21(14-20)27-4/h5-12,14-15H,1,13H2,2-4H3/b25-16+. The van der Waals surface area contributed by atoms with Crippen LogP contribution in [0.5, 0.6) is 5.75 Å². The zero-order valence-electron chi connectivity index (χ0n) is 16.3. The van der Waals surface area contributed by atoms with E-state index in [1.807, 2.05) is 44.2 Å². The average Bonchev–Trinajstić information content (AvgIpc) is 3.06. The van der Waals surface area contributed by atoms with Gasteiger partial charge in [0.15, 0.2) is 0 Å². The van der Waals surface area contributed by atoms with Crippen molar-refractivity contribution in [2.75, 3.05) is 13.7 Å². The van der Waals surface area contributed by atoms with E-state index in [-0.39, 0.29) is 5.82 Å². The zero-order chi connectivity index (χ0) is 20.1. The molecule has 144 valence electrons. The average molecular weight is 378 g/mol. The van der Waals surface area contributed by atoms with Gasteiger partial charge in [-0.1, -0.05) is 23.9 Å². The number of methoxy groups -OCH3 is 1. The molecule has 28 heavy (non-hydrogen) atoms. The van der Waals surface area contributed by atoms with Crippen LogP contribution in [-0.2, 0) is 4.84 Å². The van der Waals surface area contributed by atoms with Crippen LogP contribution in [0.3, 0.4) is 0 Å². The van der Waals surface area contributed by atoms with Gasteiger partial charge >= 0.3 is 0 Å². The molecule has 1 heterocycles. The van der Waals surface area contributed by atoms with E-state index in [1.165, 1.54) is 12.1 Å². The first kappa shape index (κ1) is 19.4. The van der Waals surface area contributed by atoms with Crippen molar-refractivity contribution in [3.63, 3.8) is 0 Å². The summed E-state index contributed by atoms with van der Waals surface area (Å²) in [6, 6.07) is 16.3. The Balaban J connectivity index is 2.18. The topological polar surface area (TPSA) is 35.8 Å². The summed E-state index contributed by atoms with van der Waals surface area (Å²) in [5.74, 6) is 0.493. The fourth-order valence-corrected chi connectivity index (χ4v) is 3.12. The molecule has 3 aromatic rings. The van der Waals surface area contributed by atoms with E-state index >= 15 is 0 Å². The molecule has 0 spiro atoms. The van der Waals surface area contributed by atoms with Crippen LogP contribution in [0.1, 0.15) is 18.2 Å². The minimum absolute atomic E-state index is 0.268. The molecular formula is C23H23FN2O2. The van der Waals surface area contributed by atoms with Crippen molar-refractivity contribution in [3.05, 3.63) is 84.3 Å². The summed E-state index contributed by atoms with van der Waals surface area (Å²) in [4.78, 5) is 5.26. The first-order valence-electron chi connectivity index (χ1n) is 8.95. The van der Waals surface area contributed by atoms with Crippen molar-refractivity contribution in [1.82, 2.24) is 4.57 Å². The molecule has 0 amide bonds. The number of rotatable bonds is 7. The molecule has 2 aromatic carbocycles. The Bertz CT molecular complexity index is 1000. The maximum Gasteiger partial charge on any atom is 0.135 e. The molecule has 0 unspecified atom stereocenters. The number of nitrogens with zero attached hydrogens (tertiary/aromatic N) is 2. The van der Waals surface area contributed by atoms with E-state index in [0.717, 1.165) is 39.7 Å². The van der Waals surface area contributed by atoms with E-state index in [1.54, 1.807) is 25.3 Å². The van der Waals surface area contributed by atoms with E-state index in [2.05, 4.69) is 16.3 Å². The third-order valence-electron chi connectivity index (χ3n) is 4.48. The molecule has 0 saturated carbocycles. The number of aromatic nitrogens is 1. The van der Waals surface area contributed by atoms with Gasteiger partial charge in [0.1, 0.15) is 18.2 Å². The lowest BCUT2D eigenvalue weighted by Gasteiger charge is -2.13. The van der Waals surface area contributed by atoms with Gasteiger partial charge in [0.25, 0.3) is 0 Å². The molecule has 0 bridgehead atoms. The van der Waals surface area contributed by atoms with Crippen LogP contribution in [0.4, 0.5) is 4.39 Å². The van der Waals surface area contributed by atoms with Crippen molar-refractivity contribution in [2.24, 2.45) is 5.16 Å². The normalized spacial score (nSPS) is 11.4. The molecule has 0 atom stereocenters. The lowest BCUT2D eigenvalue weighted by atomic mass is 10.1. The van der Waals surface area contributed by atoms with Crippen molar-refractivity contribution in [2.45, 2.75) is 13.8 Å². The fraction of sp³-hybridized carbons (Fsp3) is 0.174. The molecule has 0 saturated heterocycles. The number of ether oxygens (including phenoxy) is 1. The Morgan fingerprint density at radius 2 is 1.93 bits per heavy atom. The second kappa shape index (κ2) is 8.57. The molecule has 0 N–H and O–H groups in total. The Morgan fingerprint density at radius 3 is 2.61 bits per heavy atom. The van der Waals surface area contributed by atoms with E-state index in [4.69, 9.17) is 9.57 Å². The highest BCUT2D eigenvalue weighted by molar-refractivity contribution is 6.01. The van der Waals surface area contributed by atoms with Crippen LogP contribution in [-0.4, -0.2) is 24.0 Å². The first-order chi connectivity index (χ1) is 13.5. The van der Waals surface area contributed by atoms with Crippen molar-refractivity contribution in [3.8, 4) is 22.7 Å². The highest BCUT2D eigenvalue weighted by Crippen LogP contribution is 2.31. The van der Waals surface area contributed by atoms with Crippen LogP contribution in [0.25, 0.3) is 16.9 Å². The quantitative estimate of drug-likeness (QED) is 0.235. The smallest absolute Gasteiger partial charge is 0.135 e. The molecule has 5 heteroatoms. The lowest BCUT2D eigenvalue weighted by Crippen LogP contribution is -2.03. The predicted molar refractivity (Wildman–Crippen MR) is 111 cm³/mol. The maximum atomic E-state index is 13.4. The number of benzene rings is 2. The van der Waals surface area contributed by atoms with E-state index in [0.29, 0.717) is 6.61 Å². The predicted octanol–water partition coefficient (Wildman–Crippen LogP) is 5.53. The van der Waals surface area contributed by atoms with Gasteiger partial charge in [-0.05, 0) is 61.9 Å². The lowest BCUT2D eigenvalue weighted by molar-refractivity contribution is 0.175. The van der Waals surface area contributed by atoms with Crippen LogP contribution in [0, 0.1) is 12.7 Å². The molecule has 4 nitrogen and oxygen atoms in total. The SMILES string of the molecule is C=CCO/N=C(\C)c1cc(-c2ccc(F)cc2)n(-c2cccc(OC)c2)c1C. The summed E-state index contributed by atoms with van der Waals surface area (Å²) in [5.41, 5.74) is 5.48. The number of hydrogen-bond acceptors (Lipinski definition) is 3. The highest BCUT2D eigenvalue weighted by atomic mass is 19.1. The minimum Gasteiger partial charge on any atom is -0.497 e. The van der Waals surface area contributed by atoms with Crippen LogP contribution < -0.4 is 4.74 Å². The van der Waals surface area contributed by atoms with E-state index in [9.17, 15) is 4.39 Å². The molecule has 3 rings (SSSR count). The van der Waals surface area contributed by atoms with Crippen molar-refractivity contribution >= 4 is 5.71 Å². The molecule has 0 fully saturated rings. The molecule has 1 aromatic heterocycles. The molecule has 0 aliphatic rings. The Kier molecular flexibility index (Phi) is 5.94. The van der Waals surface area contributed by atoms with Gasteiger partial charge in [-0.3, -0.25) is 0 Å². The molecule has 0 aliphatic carbocycles. The van der Waals surface area contributed by atoms with Gasteiger partial charge in [-0.15, -0.1) is 0 Å². The van der Waals surface area contributed by atoms with Gasteiger partial charge in [0.2, 0.25) is 0 Å². The van der Waals surface area contributed by atoms with E-state index < -0.39 is 0 Å². The van der Waals surface area contributed by atoms with Crippen LogP contribution in [0.15, 0.2) is 72.4 Å². The maximum absolute atomic E-state index is 13.4. The van der Waals surface area contributed by atoms with Crippen molar-refractivity contribution < 1.29 is 14.0 Å². The summed E-state index contributed by atoms with van der Waals surface area (Å²) in [5, 5.41) is 4.18. The number of halogens is 1. The summed E-state index contributed by atoms with van der Waals surface area (Å²) >= 11 is 0. The molecule has 0 aliphatic heterocycles.